The lowest BCUT2D eigenvalue weighted by molar-refractivity contribution is -0.131. The molecule has 0 aliphatic heterocycles. The summed E-state index contributed by atoms with van der Waals surface area (Å²) in [6.45, 7) is 4.91. The molecule has 0 aliphatic carbocycles. The number of nitrogens with one attached hydrogen (secondary N) is 2. The standard InChI is InChI=1S/C25H23ClN2O5/c1-13(8-16-12-27-21-7-5-4-6-17(16)21)28-24(30)10-19-14(2)18-9-20(26)23(32-15(3)29)11-22(18)33-25(19)31/h4-7,9,11-13,27H,8,10H2,1-3H3,(H,28,30)/t13-/m0/s1. The summed E-state index contributed by atoms with van der Waals surface area (Å²) in [5.41, 5.74) is 2.63. The van der Waals surface area contributed by atoms with Crippen LogP contribution in [0.4, 0.5) is 0 Å². The van der Waals surface area contributed by atoms with Gasteiger partial charge in [-0.25, -0.2) is 4.79 Å². The predicted octanol–water partition coefficient (Wildman–Crippen LogP) is 4.45. The number of carbonyl (C=O) groups is 2. The summed E-state index contributed by atoms with van der Waals surface area (Å²) in [7, 11) is 0. The highest BCUT2D eigenvalue weighted by Gasteiger charge is 2.19. The van der Waals surface area contributed by atoms with E-state index in [9.17, 15) is 14.4 Å². The van der Waals surface area contributed by atoms with Crippen molar-refractivity contribution in [1.82, 2.24) is 10.3 Å². The molecule has 0 fully saturated rings. The molecule has 2 N–H and O–H groups in total. The average molecular weight is 467 g/mol. The Morgan fingerprint density at radius 1 is 1.21 bits per heavy atom. The van der Waals surface area contributed by atoms with Crippen LogP contribution in [0.15, 0.2) is 51.8 Å². The lowest BCUT2D eigenvalue weighted by Crippen LogP contribution is -2.36. The van der Waals surface area contributed by atoms with Gasteiger partial charge in [0.05, 0.1) is 17.0 Å². The van der Waals surface area contributed by atoms with Crippen molar-refractivity contribution < 1.29 is 18.7 Å². The zero-order valence-electron chi connectivity index (χ0n) is 18.5. The van der Waals surface area contributed by atoms with Gasteiger partial charge in [0.1, 0.15) is 5.58 Å². The van der Waals surface area contributed by atoms with E-state index >= 15 is 0 Å². The summed E-state index contributed by atoms with van der Waals surface area (Å²) < 4.78 is 10.4. The summed E-state index contributed by atoms with van der Waals surface area (Å²) in [6.07, 6.45) is 2.48. The number of halogens is 1. The maximum absolute atomic E-state index is 12.7. The minimum atomic E-state index is -0.615. The number of fused-ring (bicyclic) bond motifs is 2. The van der Waals surface area contributed by atoms with E-state index in [1.54, 1.807) is 13.0 Å². The number of amides is 1. The number of esters is 1. The Kier molecular flexibility index (Phi) is 6.24. The van der Waals surface area contributed by atoms with E-state index in [4.69, 9.17) is 20.8 Å². The molecule has 8 heteroatoms. The zero-order chi connectivity index (χ0) is 23.7. The lowest BCUT2D eigenvalue weighted by atomic mass is 10.0. The fourth-order valence-corrected chi connectivity index (χ4v) is 4.20. The molecule has 0 spiro atoms. The first-order valence-corrected chi connectivity index (χ1v) is 10.9. The molecule has 0 bridgehead atoms. The van der Waals surface area contributed by atoms with Gasteiger partial charge in [-0.05, 0) is 43.5 Å². The number of para-hydroxylation sites is 1. The average Bonchev–Trinajstić information content (AvgIpc) is 3.15. The predicted molar refractivity (Wildman–Crippen MR) is 127 cm³/mol. The van der Waals surface area contributed by atoms with E-state index in [0.717, 1.165) is 16.5 Å². The Labute approximate surface area is 194 Å². The third-order valence-electron chi connectivity index (χ3n) is 5.54. The van der Waals surface area contributed by atoms with Gasteiger partial charge in [0.2, 0.25) is 5.91 Å². The quantitative estimate of drug-likeness (QED) is 0.248. The van der Waals surface area contributed by atoms with Crippen molar-refractivity contribution in [3.05, 3.63) is 74.7 Å². The fourth-order valence-electron chi connectivity index (χ4n) is 3.99. The highest BCUT2D eigenvalue weighted by atomic mass is 35.5. The highest BCUT2D eigenvalue weighted by molar-refractivity contribution is 6.33. The monoisotopic (exact) mass is 466 g/mol. The summed E-state index contributed by atoms with van der Waals surface area (Å²) in [5.74, 6) is -0.707. The number of ether oxygens (including phenoxy) is 1. The maximum Gasteiger partial charge on any atom is 0.340 e. The largest absolute Gasteiger partial charge is 0.425 e. The van der Waals surface area contributed by atoms with Crippen molar-refractivity contribution in [2.75, 3.05) is 0 Å². The van der Waals surface area contributed by atoms with Crippen molar-refractivity contribution in [2.24, 2.45) is 0 Å². The SMILES string of the molecule is CC(=O)Oc1cc2oc(=O)c(CC(=O)N[C@@H](C)Cc3c[nH]c4ccccc34)c(C)c2cc1Cl. The number of H-pyrrole nitrogens is 1. The third kappa shape index (κ3) is 4.78. The summed E-state index contributed by atoms with van der Waals surface area (Å²) in [6, 6.07) is 10.8. The van der Waals surface area contributed by atoms with Gasteiger partial charge in [0, 0.05) is 41.5 Å². The molecule has 2 aromatic carbocycles. The van der Waals surface area contributed by atoms with E-state index in [2.05, 4.69) is 10.3 Å². The molecule has 33 heavy (non-hydrogen) atoms. The van der Waals surface area contributed by atoms with Crippen molar-refractivity contribution in [3.63, 3.8) is 0 Å². The molecule has 1 atom stereocenters. The molecule has 2 heterocycles. The van der Waals surface area contributed by atoms with Crippen LogP contribution >= 0.6 is 11.6 Å². The number of rotatable bonds is 6. The van der Waals surface area contributed by atoms with Gasteiger partial charge < -0.3 is 19.5 Å². The Morgan fingerprint density at radius 2 is 1.97 bits per heavy atom. The molecule has 0 aliphatic rings. The number of hydrogen-bond donors (Lipinski definition) is 2. The smallest absolute Gasteiger partial charge is 0.340 e. The summed E-state index contributed by atoms with van der Waals surface area (Å²) in [4.78, 5) is 39.8. The van der Waals surface area contributed by atoms with Crippen LogP contribution in [0.3, 0.4) is 0 Å². The first-order valence-electron chi connectivity index (χ1n) is 10.5. The van der Waals surface area contributed by atoms with E-state index in [1.165, 1.54) is 13.0 Å². The zero-order valence-corrected chi connectivity index (χ0v) is 19.2. The number of aromatic amines is 1. The summed E-state index contributed by atoms with van der Waals surface area (Å²) in [5, 5.41) is 4.86. The number of hydrogen-bond acceptors (Lipinski definition) is 5. The van der Waals surface area contributed by atoms with Crippen LogP contribution in [0.2, 0.25) is 5.02 Å². The minimum absolute atomic E-state index is 0.107. The minimum Gasteiger partial charge on any atom is -0.425 e. The number of aryl methyl sites for hydroxylation is 1. The van der Waals surface area contributed by atoms with Crippen LogP contribution in [-0.2, 0) is 22.4 Å². The molecule has 1 amide bonds. The van der Waals surface area contributed by atoms with Crippen LogP contribution in [0, 0.1) is 6.92 Å². The van der Waals surface area contributed by atoms with Crippen LogP contribution < -0.4 is 15.7 Å². The normalized spacial score (nSPS) is 12.1. The molecule has 0 saturated heterocycles. The Hall–Kier alpha value is -3.58. The summed E-state index contributed by atoms with van der Waals surface area (Å²) >= 11 is 6.22. The maximum atomic E-state index is 12.7. The molecule has 0 radical (unpaired) electrons. The van der Waals surface area contributed by atoms with Crippen LogP contribution in [0.25, 0.3) is 21.9 Å². The molecule has 0 saturated carbocycles. The van der Waals surface area contributed by atoms with Crippen LogP contribution in [0.1, 0.15) is 30.5 Å². The second-order valence-electron chi connectivity index (χ2n) is 8.07. The second-order valence-corrected chi connectivity index (χ2v) is 8.48. The molecule has 170 valence electrons. The van der Waals surface area contributed by atoms with Gasteiger partial charge in [0.25, 0.3) is 0 Å². The van der Waals surface area contributed by atoms with Crippen molar-refractivity contribution >= 4 is 45.3 Å². The van der Waals surface area contributed by atoms with E-state index in [-0.39, 0.29) is 40.3 Å². The topological polar surface area (TPSA) is 101 Å². The Balaban J connectivity index is 1.52. The number of carbonyl (C=O) groups excluding carboxylic acids is 2. The molecular weight excluding hydrogens is 444 g/mol. The van der Waals surface area contributed by atoms with Gasteiger partial charge in [-0.3, -0.25) is 9.59 Å². The molecule has 4 rings (SSSR count). The fraction of sp³-hybridized carbons (Fsp3) is 0.240. The second kappa shape index (κ2) is 9.11. The number of benzene rings is 2. The molecular formula is C25H23ClN2O5. The Bertz CT molecular complexity index is 1440. The molecule has 0 unspecified atom stereocenters. The third-order valence-corrected chi connectivity index (χ3v) is 5.83. The van der Waals surface area contributed by atoms with Gasteiger partial charge in [-0.2, -0.15) is 0 Å². The van der Waals surface area contributed by atoms with Crippen LogP contribution in [0.5, 0.6) is 5.75 Å². The lowest BCUT2D eigenvalue weighted by Gasteiger charge is -2.14. The first-order chi connectivity index (χ1) is 15.7. The molecule has 7 nitrogen and oxygen atoms in total. The van der Waals surface area contributed by atoms with E-state index in [1.807, 2.05) is 37.4 Å². The van der Waals surface area contributed by atoms with Gasteiger partial charge in [-0.1, -0.05) is 29.8 Å². The van der Waals surface area contributed by atoms with Gasteiger partial charge in [-0.15, -0.1) is 0 Å². The van der Waals surface area contributed by atoms with E-state index < -0.39 is 11.6 Å². The van der Waals surface area contributed by atoms with Crippen molar-refractivity contribution in [2.45, 2.75) is 39.7 Å². The molecule has 2 aromatic heterocycles. The highest BCUT2D eigenvalue weighted by Crippen LogP contribution is 2.32. The van der Waals surface area contributed by atoms with Crippen LogP contribution in [-0.4, -0.2) is 22.9 Å². The van der Waals surface area contributed by atoms with Gasteiger partial charge >= 0.3 is 11.6 Å². The molecule has 4 aromatic rings. The van der Waals surface area contributed by atoms with Crippen molar-refractivity contribution in [3.8, 4) is 5.75 Å². The Morgan fingerprint density at radius 3 is 2.73 bits per heavy atom. The van der Waals surface area contributed by atoms with Crippen molar-refractivity contribution in [1.29, 1.82) is 0 Å². The number of aromatic nitrogens is 1. The van der Waals surface area contributed by atoms with E-state index in [0.29, 0.717) is 17.4 Å². The van der Waals surface area contributed by atoms with Gasteiger partial charge in [0.15, 0.2) is 5.75 Å². The first kappa shape index (κ1) is 22.6.